The molecule has 0 unspecified atom stereocenters. The molecule has 0 saturated carbocycles. The van der Waals surface area contributed by atoms with Crippen molar-refractivity contribution in [2.75, 3.05) is 0 Å². The quantitative estimate of drug-likeness (QED) is 0.120. The summed E-state index contributed by atoms with van der Waals surface area (Å²) in [5.74, 6) is 1.21. The Bertz CT molecular complexity index is 7510. The molecule has 12 nitrogen and oxygen atoms in total. The van der Waals surface area contributed by atoms with E-state index in [1.807, 2.05) is 48.5 Å². The Morgan fingerprint density at radius 2 is 0.429 bits per heavy atom. The zero-order valence-electron chi connectivity index (χ0n) is 60.0. The molecular formula is C100H60N12. The van der Waals surface area contributed by atoms with Crippen molar-refractivity contribution in [3.05, 3.63) is 365 Å². The highest BCUT2D eigenvalue weighted by molar-refractivity contribution is 6.09. The van der Waals surface area contributed by atoms with Gasteiger partial charge in [0.2, 0.25) is 0 Å². The SMILES string of the molecule is c1ccc(-c2ccc3ccc4ccc(-c5ccc(-c6ccc7ccc(-c8ccc9ccc(-c%10ncccn%10)nc9c8)nc7c6)c6ccccc56)nc4c3n2)cc1.c1ccc(-c2ccc3ccc4ccc(-c5ccc6cc(-c7ccc8ccc(-c9ccc%10ccc(-c%11ncccn%11)nc%10c9)nc8c7)ccc6c5)nc4c3n2)cc1. The van der Waals surface area contributed by atoms with Gasteiger partial charge in [-0.05, 0) is 141 Å². The fourth-order valence-electron chi connectivity index (χ4n) is 15.3. The zero-order valence-corrected chi connectivity index (χ0v) is 60.0. The predicted octanol–water partition coefficient (Wildman–Crippen LogP) is 24.3. The number of nitrogens with zero attached hydrogens (tertiary/aromatic N) is 12. The maximum Gasteiger partial charge on any atom is 0.178 e. The van der Waals surface area contributed by atoms with Crippen molar-refractivity contribution in [2.24, 2.45) is 0 Å². The summed E-state index contributed by atoms with van der Waals surface area (Å²) in [7, 11) is 0. The van der Waals surface area contributed by atoms with Gasteiger partial charge in [0.05, 0.1) is 78.3 Å². The molecule has 0 N–H and O–H groups in total. The molecule has 22 rings (SSSR count). The summed E-state index contributed by atoms with van der Waals surface area (Å²) in [6, 6.07) is 118. The molecule has 0 fully saturated rings. The molecule has 12 aromatic carbocycles. The van der Waals surface area contributed by atoms with E-state index in [2.05, 4.69) is 299 Å². The number of hydrogen-bond donors (Lipinski definition) is 0. The van der Waals surface area contributed by atoms with Crippen molar-refractivity contribution >= 4 is 109 Å². The highest BCUT2D eigenvalue weighted by atomic mass is 14.9. The molecule has 0 amide bonds. The molecule has 0 aliphatic carbocycles. The van der Waals surface area contributed by atoms with Gasteiger partial charge in [-0.3, -0.25) is 0 Å². The molecule has 0 atom stereocenters. The Balaban J connectivity index is 0.000000141. The number of pyridine rings is 8. The van der Waals surface area contributed by atoms with Crippen LogP contribution in [-0.2, 0) is 0 Å². The summed E-state index contributed by atoms with van der Waals surface area (Å²) < 4.78 is 0. The predicted molar refractivity (Wildman–Crippen MR) is 456 cm³/mol. The van der Waals surface area contributed by atoms with E-state index < -0.39 is 0 Å². The Kier molecular flexibility index (Phi) is 15.9. The van der Waals surface area contributed by atoms with E-state index >= 15 is 0 Å². The minimum atomic E-state index is 0.605. The zero-order chi connectivity index (χ0) is 74.0. The molecule has 0 saturated heterocycles. The monoisotopic (exact) mass is 1430 g/mol. The van der Waals surface area contributed by atoms with E-state index in [9.17, 15) is 0 Å². The lowest BCUT2D eigenvalue weighted by Gasteiger charge is -2.13. The molecule has 10 heterocycles. The third-order valence-corrected chi connectivity index (χ3v) is 21.1. The smallest absolute Gasteiger partial charge is 0.178 e. The third kappa shape index (κ3) is 12.2. The van der Waals surface area contributed by atoms with Crippen LogP contribution in [0.2, 0.25) is 0 Å². The first-order valence-electron chi connectivity index (χ1n) is 37.2. The number of aromatic nitrogens is 12. The largest absolute Gasteiger partial charge is 0.248 e. The van der Waals surface area contributed by atoms with Crippen LogP contribution in [-0.4, -0.2) is 59.8 Å². The minimum absolute atomic E-state index is 0.605. The van der Waals surface area contributed by atoms with Gasteiger partial charge in [0.15, 0.2) is 11.6 Å². The van der Waals surface area contributed by atoms with Gasteiger partial charge in [-0.2, -0.15) is 0 Å². The maximum absolute atomic E-state index is 5.30. The van der Waals surface area contributed by atoms with E-state index in [-0.39, 0.29) is 0 Å². The van der Waals surface area contributed by atoms with Gasteiger partial charge in [0, 0.05) is 101 Å². The second-order valence-electron chi connectivity index (χ2n) is 28.0. The van der Waals surface area contributed by atoms with Gasteiger partial charge in [-0.25, -0.2) is 59.8 Å². The van der Waals surface area contributed by atoms with Crippen LogP contribution in [0.3, 0.4) is 0 Å². The number of rotatable bonds is 10. The lowest BCUT2D eigenvalue weighted by Crippen LogP contribution is -1.92. The van der Waals surface area contributed by atoms with Crippen LogP contribution in [0.5, 0.6) is 0 Å². The van der Waals surface area contributed by atoms with Crippen LogP contribution in [0.1, 0.15) is 0 Å². The molecule has 0 bridgehead atoms. The Labute approximate surface area is 642 Å². The van der Waals surface area contributed by atoms with Crippen LogP contribution in [0.25, 0.3) is 222 Å². The van der Waals surface area contributed by atoms with Gasteiger partial charge in [-0.15, -0.1) is 0 Å². The summed E-state index contributed by atoms with van der Waals surface area (Å²) >= 11 is 0. The lowest BCUT2D eigenvalue weighted by molar-refractivity contribution is 1.15. The summed E-state index contributed by atoms with van der Waals surface area (Å²) in [6.07, 6.45) is 6.93. The van der Waals surface area contributed by atoms with Gasteiger partial charge < -0.3 is 0 Å². The first-order chi connectivity index (χ1) is 55.4. The van der Waals surface area contributed by atoms with Crippen molar-refractivity contribution in [2.45, 2.75) is 0 Å². The van der Waals surface area contributed by atoms with Crippen molar-refractivity contribution < 1.29 is 0 Å². The summed E-state index contributed by atoms with van der Waals surface area (Å²) in [6.45, 7) is 0. The average molecular weight is 1430 g/mol. The first-order valence-corrected chi connectivity index (χ1v) is 37.2. The average Bonchev–Trinajstić information content (AvgIpc) is 0.742. The molecule has 22 aromatic rings. The topological polar surface area (TPSA) is 155 Å². The maximum atomic E-state index is 5.30. The Morgan fingerprint density at radius 1 is 0.152 bits per heavy atom. The lowest BCUT2D eigenvalue weighted by atomic mass is 9.93. The number of fused-ring (bicyclic) bond motifs is 12. The van der Waals surface area contributed by atoms with Crippen molar-refractivity contribution in [1.82, 2.24) is 59.8 Å². The molecule has 0 radical (unpaired) electrons. The second-order valence-corrected chi connectivity index (χ2v) is 28.0. The van der Waals surface area contributed by atoms with Gasteiger partial charge in [0.25, 0.3) is 0 Å². The van der Waals surface area contributed by atoms with Crippen LogP contribution >= 0.6 is 0 Å². The highest BCUT2D eigenvalue weighted by Crippen LogP contribution is 2.40. The fourth-order valence-corrected chi connectivity index (χ4v) is 15.3. The molecule has 0 spiro atoms. The van der Waals surface area contributed by atoms with E-state index in [0.29, 0.717) is 11.6 Å². The standard InChI is InChI=1S/2C50H30N6/c1-2-7-31(8-3-1)42-24-19-34-13-14-35-20-25-44(56-49(35)48(34)55-42)41-22-21-38(39-9-4-5-10-40(39)41)36-15-11-32-17-23-43(53-46(32)29-36)37-16-12-33-18-26-45(54-47(33)30-37)50-51-27-6-28-52-50;1-2-5-31(6-3-1)42-22-19-34-9-10-35-20-23-44(56-49(35)48(34)55-42)40-16-14-36-27-37(12-13-38(36)28-40)39-11-7-32-17-21-43(53-46(32)29-39)41-15-8-33-18-24-45(54-47(33)30-41)50-51-25-4-26-52-50/h2*1-30H. The van der Waals surface area contributed by atoms with Gasteiger partial charge >= 0.3 is 0 Å². The molecule has 0 aliphatic rings. The first kappa shape index (κ1) is 64.9. The number of hydrogen-bond acceptors (Lipinski definition) is 12. The fraction of sp³-hybridized carbons (Fsp3) is 0. The van der Waals surface area contributed by atoms with Crippen LogP contribution < -0.4 is 0 Å². The van der Waals surface area contributed by atoms with Crippen LogP contribution in [0, 0.1) is 0 Å². The van der Waals surface area contributed by atoms with E-state index in [4.69, 9.17) is 39.9 Å². The molecule has 112 heavy (non-hydrogen) atoms. The second kappa shape index (κ2) is 27.4. The Hall–Kier alpha value is -15.4. The minimum Gasteiger partial charge on any atom is -0.248 e. The third-order valence-electron chi connectivity index (χ3n) is 21.1. The summed E-state index contributed by atoms with van der Waals surface area (Å²) in [5.41, 5.74) is 25.1. The molecule has 0 aliphatic heterocycles. The van der Waals surface area contributed by atoms with Gasteiger partial charge in [0.1, 0.15) is 11.4 Å². The van der Waals surface area contributed by atoms with Gasteiger partial charge in [-0.1, -0.05) is 243 Å². The van der Waals surface area contributed by atoms with Crippen molar-refractivity contribution in [3.8, 4) is 113 Å². The van der Waals surface area contributed by atoms with E-state index in [0.717, 1.165) is 210 Å². The normalized spacial score (nSPS) is 11.6. The Morgan fingerprint density at radius 3 is 0.884 bits per heavy atom. The van der Waals surface area contributed by atoms with E-state index in [1.54, 1.807) is 36.9 Å². The molecular weight excluding hydrogens is 1370 g/mol. The molecule has 520 valence electrons. The van der Waals surface area contributed by atoms with Crippen molar-refractivity contribution in [1.29, 1.82) is 0 Å². The number of benzene rings is 12. The molecule has 10 aromatic heterocycles. The van der Waals surface area contributed by atoms with Crippen LogP contribution in [0.15, 0.2) is 365 Å². The summed E-state index contributed by atoms with van der Waals surface area (Å²) in [4.78, 5) is 58.3. The molecule has 12 heteroatoms. The van der Waals surface area contributed by atoms with Crippen LogP contribution in [0.4, 0.5) is 0 Å². The van der Waals surface area contributed by atoms with E-state index in [1.165, 1.54) is 0 Å². The van der Waals surface area contributed by atoms with Crippen molar-refractivity contribution in [3.63, 3.8) is 0 Å². The summed E-state index contributed by atoms with van der Waals surface area (Å²) in [5, 5.41) is 13.2. The highest BCUT2D eigenvalue weighted by Gasteiger charge is 2.18.